The van der Waals surface area contributed by atoms with E-state index in [1.165, 1.54) is 5.56 Å². The van der Waals surface area contributed by atoms with E-state index in [2.05, 4.69) is 29.2 Å². The second-order valence-electron chi connectivity index (χ2n) is 6.47. The van der Waals surface area contributed by atoms with Gasteiger partial charge >= 0.3 is 0 Å². The normalized spacial score (nSPS) is 25.7. The van der Waals surface area contributed by atoms with Crippen molar-refractivity contribution in [1.29, 1.82) is 0 Å². The fraction of sp³-hybridized carbons (Fsp3) is 0.611. The molecule has 0 aliphatic carbocycles. The first-order valence-corrected chi connectivity index (χ1v) is 8.42. The van der Waals surface area contributed by atoms with E-state index in [1.807, 2.05) is 11.0 Å². The lowest BCUT2D eigenvalue weighted by Crippen LogP contribution is -2.50. The van der Waals surface area contributed by atoms with Gasteiger partial charge in [0.1, 0.15) is 6.10 Å². The number of carbonyl (C=O) groups excluding carboxylic acids is 1. The van der Waals surface area contributed by atoms with Crippen LogP contribution in [0, 0.1) is 5.92 Å². The molecule has 0 aromatic heterocycles. The van der Waals surface area contributed by atoms with Crippen LogP contribution in [0.25, 0.3) is 0 Å². The van der Waals surface area contributed by atoms with Crippen molar-refractivity contribution < 1.29 is 14.3 Å². The van der Waals surface area contributed by atoms with Gasteiger partial charge in [0.25, 0.3) is 5.91 Å². The van der Waals surface area contributed by atoms with Crippen LogP contribution in [0.1, 0.15) is 12.0 Å². The first-order chi connectivity index (χ1) is 11.3. The minimum Gasteiger partial charge on any atom is -0.384 e. The van der Waals surface area contributed by atoms with Crippen molar-refractivity contribution >= 4 is 5.91 Å². The van der Waals surface area contributed by atoms with E-state index >= 15 is 0 Å². The zero-order chi connectivity index (χ0) is 16.1. The first kappa shape index (κ1) is 16.4. The summed E-state index contributed by atoms with van der Waals surface area (Å²) >= 11 is 0. The quantitative estimate of drug-likeness (QED) is 0.823. The van der Waals surface area contributed by atoms with Crippen molar-refractivity contribution in [3.8, 4) is 0 Å². The summed E-state index contributed by atoms with van der Waals surface area (Å²) in [7, 11) is 1.72. The van der Waals surface area contributed by atoms with Gasteiger partial charge < -0.3 is 14.4 Å². The van der Waals surface area contributed by atoms with Crippen molar-refractivity contribution in [3.05, 3.63) is 35.9 Å². The molecule has 126 valence electrons. The number of benzene rings is 1. The Balaban J connectivity index is 1.53. The van der Waals surface area contributed by atoms with E-state index in [0.29, 0.717) is 19.1 Å². The highest BCUT2D eigenvalue weighted by Crippen LogP contribution is 2.19. The number of likely N-dealkylation sites (tertiary alicyclic amines) is 1. The van der Waals surface area contributed by atoms with Gasteiger partial charge in [-0.15, -0.1) is 0 Å². The molecule has 5 nitrogen and oxygen atoms in total. The molecule has 0 unspecified atom stereocenters. The molecule has 2 fully saturated rings. The van der Waals surface area contributed by atoms with Crippen molar-refractivity contribution in [1.82, 2.24) is 9.80 Å². The van der Waals surface area contributed by atoms with Crippen molar-refractivity contribution in [3.63, 3.8) is 0 Å². The van der Waals surface area contributed by atoms with E-state index in [1.54, 1.807) is 7.11 Å². The fourth-order valence-electron chi connectivity index (χ4n) is 3.45. The van der Waals surface area contributed by atoms with Gasteiger partial charge in [-0.25, -0.2) is 0 Å². The number of methoxy groups -OCH3 is 1. The van der Waals surface area contributed by atoms with Crippen molar-refractivity contribution in [2.24, 2.45) is 5.92 Å². The van der Waals surface area contributed by atoms with Crippen LogP contribution in [0.15, 0.2) is 30.3 Å². The highest BCUT2D eigenvalue weighted by molar-refractivity contribution is 5.81. The molecule has 3 rings (SSSR count). The Labute approximate surface area is 138 Å². The number of amides is 1. The van der Waals surface area contributed by atoms with Crippen LogP contribution >= 0.6 is 0 Å². The van der Waals surface area contributed by atoms with Crippen LogP contribution in [-0.2, 0) is 20.8 Å². The van der Waals surface area contributed by atoms with Crippen LogP contribution in [0.3, 0.4) is 0 Å². The van der Waals surface area contributed by atoms with Gasteiger partial charge in [0.2, 0.25) is 0 Å². The van der Waals surface area contributed by atoms with Crippen molar-refractivity contribution in [2.75, 3.05) is 46.5 Å². The summed E-state index contributed by atoms with van der Waals surface area (Å²) in [6.45, 7) is 5.41. The second-order valence-corrected chi connectivity index (χ2v) is 6.47. The smallest absolute Gasteiger partial charge is 0.253 e. The van der Waals surface area contributed by atoms with Crippen LogP contribution in [0.4, 0.5) is 0 Å². The minimum absolute atomic E-state index is 0.140. The topological polar surface area (TPSA) is 42.0 Å². The Hall–Kier alpha value is -1.43. The van der Waals surface area contributed by atoms with E-state index in [-0.39, 0.29) is 12.0 Å². The molecule has 5 heteroatoms. The zero-order valence-electron chi connectivity index (χ0n) is 13.8. The van der Waals surface area contributed by atoms with E-state index < -0.39 is 0 Å². The fourth-order valence-corrected chi connectivity index (χ4v) is 3.45. The largest absolute Gasteiger partial charge is 0.384 e. The number of ether oxygens (including phenoxy) is 2. The van der Waals surface area contributed by atoms with E-state index in [0.717, 1.165) is 39.2 Å². The highest BCUT2D eigenvalue weighted by atomic mass is 16.5. The summed E-state index contributed by atoms with van der Waals surface area (Å²) < 4.78 is 11.0. The van der Waals surface area contributed by atoms with Crippen LogP contribution in [0.2, 0.25) is 0 Å². The molecule has 0 saturated carbocycles. The molecular formula is C18H26N2O3. The Kier molecular flexibility index (Phi) is 5.65. The summed E-state index contributed by atoms with van der Waals surface area (Å²) in [5, 5.41) is 0. The molecule has 0 N–H and O–H groups in total. The van der Waals surface area contributed by atoms with Gasteiger partial charge in [-0.05, 0) is 12.0 Å². The molecule has 1 amide bonds. The summed E-state index contributed by atoms with van der Waals surface area (Å²) in [4.78, 5) is 16.9. The third-order valence-electron chi connectivity index (χ3n) is 4.67. The van der Waals surface area contributed by atoms with E-state index in [4.69, 9.17) is 9.47 Å². The SMILES string of the molecule is COC[C@H]1CCN(C(=O)[C@H]2CN(Cc3ccccc3)CCO2)C1. The molecular weight excluding hydrogens is 292 g/mol. The lowest BCUT2D eigenvalue weighted by atomic mass is 10.1. The molecule has 2 aliphatic heterocycles. The number of hydrogen-bond acceptors (Lipinski definition) is 4. The summed E-state index contributed by atoms with van der Waals surface area (Å²) in [5.74, 6) is 0.606. The predicted octanol–water partition coefficient (Wildman–Crippen LogP) is 1.38. The maximum absolute atomic E-state index is 12.7. The third kappa shape index (κ3) is 4.31. The lowest BCUT2D eigenvalue weighted by Gasteiger charge is -2.34. The Bertz CT molecular complexity index is 508. The Morgan fingerprint density at radius 2 is 2.09 bits per heavy atom. The maximum atomic E-state index is 12.7. The maximum Gasteiger partial charge on any atom is 0.253 e. The molecule has 2 heterocycles. The Morgan fingerprint density at radius 1 is 1.26 bits per heavy atom. The highest BCUT2D eigenvalue weighted by Gasteiger charge is 2.34. The van der Waals surface area contributed by atoms with Crippen LogP contribution < -0.4 is 0 Å². The van der Waals surface area contributed by atoms with Gasteiger partial charge in [0.05, 0.1) is 13.2 Å². The van der Waals surface area contributed by atoms with E-state index in [9.17, 15) is 4.79 Å². The van der Waals surface area contributed by atoms with Gasteiger partial charge in [-0.3, -0.25) is 9.69 Å². The molecule has 1 aromatic carbocycles. The summed E-state index contributed by atoms with van der Waals surface area (Å²) in [5.41, 5.74) is 1.28. The van der Waals surface area contributed by atoms with Crippen molar-refractivity contribution in [2.45, 2.75) is 19.1 Å². The summed E-state index contributed by atoms with van der Waals surface area (Å²) in [6.07, 6.45) is 0.703. The molecule has 2 atom stereocenters. The standard InChI is InChI=1S/C18H26N2O3/c1-22-14-16-7-8-20(12-16)18(21)17-13-19(9-10-23-17)11-15-5-3-2-4-6-15/h2-6,16-17H,7-14H2,1H3/t16-,17+/m0/s1. The summed E-state index contributed by atoms with van der Waals surface area (Å²) in [6, 6.07) is 10.4. The number of morpholine rings is 1. The number of rotatable bonds is 5. The lowest BCUT2D eigenvalue weighted by molar-refractivity contribution is -0.148. The molecule has 2 aliphatic rings. The van der Waals surface area contributed by atoms with Crippen LogP contribution in [-0.4, -0.2) is 68.3 Å². The van der Waals surface area contributed by atoms with Gasteiger partial charge in [-0.1, -0.05) is 30.3 Å². The molecule has 0 bridgehead atoms. The third-order valence-corrected chi connectivity index (χ3v) is 4.67. The minimum atomic E-state index is -0.325. The van der Waals surface area contributed by atoms with Crippen LogP contribution in [0.5, 0.6) is 0 Å². The monoisotopic (exact) mass is 318 g/mol. The predicted molar refractivity (Wildman–Crippen MR) is 88.0 cm³/mol. The average molecular weight is 318 g/mol. The molecule has 2 saturated heterocycles. The molecule has 1 aromatic rings. The van der Waals surface area contributed by atoms with Gasteiger partial charge in [0.15, 0.2) is 0 Å². The molecule has 23 heavy (non-hydrogen) atoms. The molecule has 0 spiro atoms. The average Bonchev–Trinajstić information content (AvgIpc) is 3.04. The zero-order valence-corrected chi connectivity index (χ0v) is 13.8. The van der Waals surface area contributed by atoms with Gasteiger partial charge in [0, 0.05) is 45.8 Å². The number of hydrogen-bond donors (Lipinski definition) is 0. The van der Waals surface area contributed by atoms with Gasteiger partial charge in [-0.2, -0.15) is 0 Å². The molecule has 0 radical (unpaired) electrons. The Morgan fingerprint density at radius 3 is 2.87 bits per heavy atom. The number of carbonyl (C=O) groups is 1. The first-order valence-electron chi connectivity index (χ1n) is 8.42. The number of nitrogens with zero attached hydrogens (tertiary/aromatic N) is 2. The second kappa shape index (κ2) is 7.90.